The van der Waals surface area contributed by atoms with Crippen LogP contribution in [-0.4, -0.2) is 7.11 Å². The molecule has 2 nitrogen and oxygen atoms in total. The van der Waals surface area contributed by atoms with Crippen molar-refractivity contribution in [2.45, 2.75) is 19.6 Å². The first kappa shape index (κ1) is 12.7. The van der Waals surface area contributed by atoms with Crippen LogP contribution >= 0.6 is 15.9 Å². The molecule has 98 valence electrons. The Bertz CT molecular complexity index is 622. The van der Waals surface area contributed by atoms with Crippen molar-refractivity contribution >= 4 is 15.9 Å². The van der Waals surface area contributed by atoms with Gasteiger partial charge in [0, 0.05) is 12.7 Å². The van der Waals surface area contributed by atoms with E-state index >= 15 is 0 Å². The third kappa shape index (κ3) is 2.17. The molecule has 0 radical (unpaired) electrons. The van der Waals surface area contributed by atoms with Gasteiger partial charge in [0.1, 0.15) is 18.5 Å². The molecule has 0 bridgehead atoms. The van der Waals surface area contributed by atoms with Crippen molar-refractivity contribution < 1.29 is 9.47 Å². The molecule has 3 rings (SSSR count). The van der Waals surface area contributed by atoms with Gasteiger partial charge < -0.3 is 9.47 Å². The summed E-state index contributed by atoms with van der Waals surface area (Å²) >= 11 is 3.59. The van der Waals surface area contributed by atoms with Crippen LogP contribution < -0.4 is 4.74 Å². The predicted octanol–water partition coefficient (Wildman–Crippen LogP) is 4.39. The minimum atomic E-state index is -0.0788. The molecule has 0 saturated heterocycles. The Morgan fingerprint density at radius 3 is 2.79 bits per heavy atom. The Kier molecular flexibility index (Phi) is 3.33. The first-order valence-corrected chi connectivity index (χ1v) is 7.03. The lowest BCUT2D eigenvalue weighted by molar-refractivity contribution is 0.135. The Hall–Kier alpha value is -1.32. The molecule has 2 aromatic rings. The maximum absolute atomic E-state index is 5.97. The molecule has 1 aliphatic heterocycles. The molecule has 1 unspecified atom stereocenters. The number of rotatable bonds is 1. The fourth-order valence-electron chi connectivity index (χ4n) is 2.60. The summed E-state index contributed by atoms with van der Waals surface area (Å²) in [5.41, 5.74) is 4.63. The van der Waals surface area contributed by atoms with Gasteiger partial charge in [0.25, 0.3) is 0 Å². The molecule has 1 aliphatic rings. The summed E-state index contributed by atoms with van der Waals surface area (Å²) < 4.78 is 12.7. The first-order valence-electron chi connectivity index (χ1n) is 6.24. The van der Waals surface area contributed by atoms with Gasteiger partial charge >= 0.3 is 0 Å². The maximum Gasteiger partial charge on any atom is 0.140 e. The van der Waals surface area contributed by atoms with Crippen molar-refractivity contribution in [3.05, 3.63) is 63.1 Å². The highest BCUT2D eigenvalue weighted by atomic mass is 79.9. The van der Waals surface area contributed by atoms with E-state index in [-0.39, 0.29) is 6.10 Å². The smallest absolute Gasteiger partial charge is 0.140 e. The van der Waals surface area contributed by atoms with Gasteiger partial charge in [0.2, 0.25) is 0 Å². The Labute approximate surface area is 121 Å². The van der Waals surface area contributed by atoms with Crippen LogP contribution in [0, 0.1) is 6.92 Å². The first-order chi connectivity index (χ1) is 9.20. The van der Waals surface area contributed by atoms with Crippen LogP contribution in [0.5, 0.6) is 5.75 Å². The van der Waals surface area contributed by atoms with Crippen molar-refractivity contribution in [1.29, 1.82) is 0 Å². The van der Waals surface area contributed by atoms with Crippen LogP contribution in [-0.2, 0) is 11.3 Å². The summed E-state index contributed by atoms with van der Waals surface area (Å²) in [6, 6.07) is 12.5. The fraction of sp³-hybridized carbons (Fsp3) is 0.250. The van der Waals surface area contributed by atoms with E-state index in [1.165, 1.54) is 16.7 Å². The predicted molar refractivity (Wildman–Crippen MR) is 78.5 cm³/mol. The molecule has 2 aromatic carbocycles. The number of halogens is 1. The lowest BCUT2D eigenvalue weighted by Crippen LogP contribution is -2.05. The number of fused-ring (bicyclic) bond motifs is 2. The lowest BCUT2D eigenvalue weighted by atomic mass is 9.96. The second-order valence-electron chi connectivity index (χ2n) is 4.77. The van der Waals surface area contributed by atoms with Crippen LogP contribution in [0.25, 0.3) is 0 Å². The van der Waals surface area contributed by atoms with Gasteiger partial charge in [0.15, 0.2) is 0 Å². The molecule has 0 fully saturated rings. The fourth-order valence-corrected chi connectivity index (χ4v) is 3.30. The van der Waals surface area contributed by atoms with Gasteiger partial charge in [-0.15, -0.1) is 0 Å². The second kappa shape index (κ2) is 4.99. The number of methoxy groups -OCH3 is 1. The van der Waals surface area contributed by atoms with Crippen LogP contribution in [0.4, 0.5) is 0 Å². The minimum absolute atomic E-state index is 0.0788. The molecule has 0 amide bonds. The molecule has 0 N–H and O–H groups in total. The van der Waals surface area contributed by atoms with Gasteiger partial charge in [-0.3, -0.25) is 0 Å². The number of ether oxygens (including phenoxy) is 2. The SMILES string of the molecule is COC1c2ccccc2COc2c(Br)cc(C)cc21. The van der Waals surface area contributed by atoms with E-state index < -0.39 is 0 Å². The van der Waals surface area contributed by atoms with E-state index in [9.17, 15) is 0 Å². The highest BCUT2D eigenvalue weighted by Crippen LogP contribution is 2.42. The van der Waals surface area contributed by atoms with Gasteiger partial charge in [-0.05, 0) is 51.7 Å². The third-order valence-electron chi connectivity index (χ3n) is 3.44. The monoisotopic (exact) mass is 318 g/mol. The molecular weight excluding hydrogens is 304 g/mol. The normalized spacial score (nSPS) is 17.1. The van der Waals surface area contributed by atoms with Crippen LogP contribution in [0.2, 0.25) is 0 Å². The number of benzene rings is 2. The molecule has 1 heterocycles. The van der Waals surface area contributed by atoms with E-state index in [0.29, 0.717) is 6.61 Å². The summed E-state index contributed by atoms with van der Waals surface area (Å²) in [6.07, 6.45) is -0.0788. The number of aryl methyl sites for hydroxylation is 1. The van der Waals surface area contributed by atoms with Crippen LogP contribution in [0.1, 0.15) is 28.4 Å². The summed E-state index contributed by atoms with van der Waals surface area (Å²) in [5, 5.41) is 0. The standard InChI is InChI=1S/C16H15BrO2/c1-10-7-13-15(18-2)12-6-4-3-5-11(12)9-19-16(13)14(17)8-10/h3-8,15H,9H2,1-2H3. The Morgan fingerprint density at radius 1 is 1.21 bits per heavy atom. The summed E-state index contributed by atoms with van der Waals surface area (Å²) in [5.74, 6) is 0.883. The number of hydrogen-bond donors (Lipinski definition) is 0. The average Bonchev–Trinajstić information content (AvgIpc) is 2.55. The van der Waals surface area contributed by atoms with Crippen LogP contribution in [0.3, 0.4) is 0 Å². The Balaban J connectivity index is 2.23. The van der Waals surface area contributed by atoms with Crippen molar-refractivity contribution in [2.75, 3.05) is 7.11 Å². The molecule has 0 spiro atoms. The summed E-state index contributed by atoms with van der Waals surface area (Å²) in [4.78, 5) is 0. The molecule has 19 heavy (non-hydrogen) atoms. The Morgan fingerprint density at radius 2 is 2.00 bits per heavy atom. The van der Waals surface area contributed by atoms with E-state index in [4.69, 9.17) is 9.47 Å². The van der Waals surface area contributed by atoms with Crippen molar-refractivity contribution in [3.63, 3.8) is 0 Å². The zero-order chi connectivity index (χ0) is 13.4. The second-order valence-corrected chi connectivity index (χ2v) is 5.62. The van der Waals surface area contributed by atoms with Gasteiger partial charge in [-0.2, -0.15) is 0 Å². The van der Waals surface area contributed by atoms with E-state index in [1.807, 2.05) is 12.1 Å². The highest BCUT2D eigenvalue weighted by molar-refractivity contribution is 9.10. The lowest BCUT2D eigenvalue weighted by Gasteiger charge is -2.18. The zero-order valence-corrected chi connectivity index (χ0v) is 12.5. The molecule has 3 heteroatoms. The topological polar surface area (TPSA) is 18.5 Å². The van der Waals surface area contributed by atoms with Crippen LogP contribution in [0.15, 0.2) is 40.9 Å². The van der Waals surface area contributed by atoms with E-state index in [2.05, 4.69) is 47.1 Å². The average molecular weight is 319 g/mol. The molecular formula is C16H15BrO2. The largest absolute Gasteiger partial charge is 0.487 e. The molecule has 0 aromatic heterocycles. The quantitative estimate of drug-likeness (QED) is 0.776. The zero-order valence-electron chi connectivity index (χ0n) is 10.9. The van der Waals surface area contributed by atoms with Gasteiger partial charge in [-0.1, -0.05) is 24.3 Å². The molecule has 1 atom stereocenters. The highest BCUT2D eigenvalue weighted by Gasteiger charge is 2.26. The minimum Gasteiger partial charge on any atom is -0.487 e. The van der Waals surface area contributed by atoms with Crippen molar-refractivity contribution in [3.8, 4) is 5.75 Å². The number of hydrogen-bond acceptors (Lipinski definition) is 2. The summed E-state index contributed by atoms with van der Waals surface area (Å²) in [7, 11) is 1.74. The molecule has 0 saturated carbocycles. The van der Waals surface area contributed by atoms with E-state index in [1.54, 1.807) is 7.11 Å². The van der Waals surface area contributed by atoms with Crippen molar-refractivity contribution in [1.82, 2.24) is 0 Å². The van der Waals surface area contributed by atoms with Gasteiger partial charge in [-0.25, -0.2) is 0 Å². The van der Waals surface area contributed by atoms with E-state index in [0.717, 1.165) is 15.8 Å². The molecule has 0 aliphatic carbocycles. The van der Waals surface area contributed by atoms with Gasteiger partial charge in [0.05, 0.1) is 4.47 Å². The third-order valence-corrected chi connectivity index (χ3v) is 4.03. The maximum atomic E-state index is 5.97. The van der Waals surface area contributed by atoms with Crippen molar-refractivity contribution in [2.24, 2.45) is 0 Å². The summed E-state index contributed by atoms with van der Waals surface area (Å²) in [6.45, 7) is 2.65.